The van der Waals surface area contributed by atoms with E-state index in [-0.39, 0.29) is 109 Å². The van der Waals surface area contributed by atoms with Crippen LogP contribution in [-0.4, -0.2) is 110 Å². The molecule has 0 aliphatic heterocycles. The highest BCUT2D eigenvalue weighted by Gasteiger charge is 2.23. The standard InChI is InChI=1S/C50H44N10O13/c51-15-5-17-70-37-19-34(55-44-26(37)8-2-12-30(44)58-47(65)33-20-39(72-23-41(61)62)25-7-1-11-29(53)43(25)54-33)48(66)59-31-13-4-10-28-40(73-24-42(63)64)21-35(56-45(28)31)49(67)60-32-14-3-9-27-38(71-18-6-16-52)22-36(50(68)69)57-46(27)32/h1-4,7-14,19-22H,5-6,15-18,23-24,51-53H2,(H,58,65)(H,59,66)(H,60,67)(H,61,62)(H,63,64)(H,68,69). The number of rotatable bonds is 21. The van der Waals surface area contributed by atoms with Gasteiger partial charge in [0.05, 0.1) is 58.0 Å². The molecule has 23 heteroatoms. The summed E-state index contributed by atoms with van der Waals surface area (Å²) < 4.78 is 23.1. The molecule has 0 saturated heterocycles. The fraction of sp³-hybridized carbons (Fsp3) is 0.160. The van der Waals surface area contributed by atoms with Gasteiger partial charge in [-0.15, -0.1) is 0 Å². The summed E-state index contributed by atoms with van der Waals surface area (Å²) in [5.74, 6) is -5.98. The van der Waals surface area contributed by atoms with Crippen molar-refractivity contribution in [3.05, 3.63) is 120 Å². The van der Waals surface area contributed by atoms with Crippen molar-refractivity contribution in [2.75, 3.05) is 61.2 Å². The van der Waals surface area contributed by atoms with Gasteiger partial charge in [-0.2, -0.15) is 0 Å². The molecule has 0 unspecified atom stereocenters. The number of aromatic nitrogens is 4. The molecule has 8 rings (SSSR count). The summed E-state index contributed by atoms with van der Waals surface area (Å²) in [6, 6.07) is 24.1. The summed E-state index contributed by atoms with van der Waals surface area (Å²) in [6.45, 7) is -0.573. The number of amides is 3. The molecule has 3 amide bonds. The van der Waals surface area contributed by atoms with Crippen LogP contribution in [0.3, 0.4) is 0 Å². The fourth-order valence-electron chi connectivity index (χ4n) is 7.50. The summed E-state index contributed by atoms with van der Waals surface area (Å²) >= 11 is 0. The lowest BCUT2D eigenvalue weighted by molar-refractivity contribution is -0.140. The van der Waals surface area contributed by atoms with Crippen molar-refractivity contribution in [1.82, 2.24) is 19.9 Å². The van der Waals surface area contributed by atoms with Gasteiger partial charge in [0.2, 0.25) is 0 Å². The molecule has 4 aromatic heterocycles. The van der Waals surface area contributed by atoms with E-state index >= 15 is 0 Å². The predicted octanol–water partition coefficient (Wildman–Crippen LogP) is 5.30. The number of carboxylic acids is 3. The van der Waals surface area contributed by atoms with Crippen LogP contribution in [0.15, 0.2) is 97.1 Å². The lowest BCUT2D eigenvalue weighted by Crippen LogP contribution is -2.18. The van der Waals surface area contributed by atoms with E-state index in [2.05, 4.69) is 35.9 Å². The lowest BCUT2D eigenvalue weighted by Gasteiger charge is -2.16. The molecule has 372 valence electrons. The maximum Gasteiger partial charge on any atom is 0.354 e. The van der Waals surface area contributed by atoms with E-state index in [4.69, 9.17) is 36.1 Å². The minimum Gasteiger partial charge on any atom is -0.493 e. The van der Waals surface area contributed by atoms with E-state index in [0.717, 1.165) is 0 Å². The Labute approximate surface area is 412 Å². The van der Waals surface area contributed by atoms with Crippen molar-refractivity contribution in [3.8, 4) is 23.0 Å². The first-order valence-electron chi connectivity index (χ1n) is 22.3. The molecule has 0 radical (unpaired) electrons. The first-order chi connectivity index (χ1) is 35.2. The minimum absolute atomic E-state index is 0.00734. The van der Waals surface area contributed by atoms with Gasteiger partial charge in [0.15, 0.2) is 18.9 Å². The van der Waals surface area contributed by atoms with Crippen molar-refractivity contribution in [1.29, 1.82) is 0 Å². The Morgan fingerprint density at radius 2 is 0.781 bits per heavy atom. The zero-order valence-corrected chi connectivity index (χ0v) is 38.3. The average Bonchev–Trinajstić information content (AvgIpc) is 3.37. The van der Waals surface area contributed by atoms with E-state index in [1.807, 2.05) is 0 Å². The number of carbonyl (C=O) groups excluding carboxylic acids is 3. The number of nitrogens with one attached hydrogen (secondary N) is 3. The molecule has 0 saturated carbocycles. The van der Waals surface area contributed by atoms with E-state index in [1.54, 1.807) is 42.5 Å². The molecule has 23 nitrogen and oxygen atoms in total. The molecule has 8 aromatic rings. The number of ether oxygens (including phenoxy) is 4. The number of hydrogen-bond donors (Lipinski definition) is 9. The number of carboxylic acid groups (broad SMARTS) is 3. The summed E-state index contributed by atoms with van der Waals surface area (Å²) in [7, 11) is 0. The summed E-state index contributed by atoms with van der Waals surface area (Å²) in [5, 5.41) is 38.3. The Morgan fingerprint density at radius 3 is 1.15 bits per heavy atom. The Morgan fingerprint density at radius 1 is 0.452 bits per heavy atom. The number of pyridine rings is 4. The van der Waals surface area contributed by atoms with Gasteiger partial charge in [-0.05, 0) is 74.5 Å². The molecule has 4 aromatic carbocycles. The second-order valence-corrected chi connectivity index (χ2v) is 15.9. The van der Waals surface area contributed by atoms with Gasteiger partial charge < -0.3 is 67.4 Å². The third-order valence-corrected chi connectivity index (χ3v) is 10.8. The molecule has 0 aliphatic rings. The molecule has 73 heavy (non-hydrogen) atoms. The number of nitrogens with two attached hydrogens (primary N) is 3. The van der Waals surface area contributed by atoms with Crippen molar-refractivity contribution in [2.45, 2.75) is 12.8 Å². The quantitative estimate of drug-likeness (QED) is 0.0326. The SMILES string of the molecule is NCCCOc1cc(C(=O)O)nc2c(NC(=O)c3cc(OCC(=O)O)c4cccc(NC(=O)c5cc(OCCCN)c6cccc(NC(=O)c7cc(OCC(=O)O)c8cccc(N)c8n7)c6n5)c4n3)cccc12. The van der Waals surface area contributed by atoms with Crippen LogP contribution in [-0.2, 0) is 9.59 Å². The Bertz CT molecular complexity index is 3520. The zero-order valence-electron chi connectivity index (χ0n) is 38.3. The number of aromatic carboxylic acids is 1. The van der Waals surface area contributed by atoms with Crippen molar-refractivity contribution in [3.63, 3.8) is 0 Å². The highest BCUT2D eigenvalue weighted by atomic mass is 16.5. The molecule has 4 heterocycles. The molecule has 0 spiro atoms. The number of fused-ring (bicyclic) bond motifs is 4. The van der Waals surface area contributed by atoms with Crippen LogP contribution in [0.5, 0.6) is 23.0 Å². The molecule has 0 atom stereocenters. The van der Waals surface area contributed by atoms with E-state index in [9.17, 15) is 44.1 Å². The van der Waals surface area contributed by atoms with E-state index in [1.165, 1.54) is 54.6 Å². The Balaban J connectivity index is 1.16. The van der Waals surface area contributed by atoms with Crippen LogP contribution < -0.4 is 52.1 Å². The highest BCUT2D eigenvalue weighted by Crippen LogP contribution is 2.36. The number of carbonyl (C=O) groups is 6. The largest absolute Gasteiger partial charge is 0.493 e. The van der Waals surface area contributed by atoms with Crippen molar-refractivity contribution < 1.29 is 63.0 Å². The molecule has 12 N–H and O–H groups in total. The number of aliphatic carboxylic acids is 2. The normalized spacial score (nSPS) is 11.0. The second-order valence-electron chi connectivity index (χ2n) is 15.9. The fourth-order valence-corrected chi connectivity index (χ4v) is 7.50. The maximum absolute atomic E-state index is 14.4. The van der Waals surface area contributed by atoms with Gasteiger partial charge in [-0.25, -0.2) is 34.3 Å². The van der Waals surface area contributed by atoms with Gasteiger partial charge in [0.1, 0.15) is 40.1 Å². The number of nitrogen functional groups attached to an aromatic ring is 1. The van der Waals surface area contributed by atoms with Crippen LogP contribution in [0.25, 0.3) is 43.6 Å². The number of hydrogen-bond acceptors (Lipinski definition) is 17. The van der Waals surface area contributed by atoms with Crippen LogP contribution in [0.2, 0.25) is 0 Å². The number of para-hydroxylation sites is 4. The van der Waals surface area contributed by atoms with Gasteiger partial charge in [0, 0.05) is 45.8 Å². The summed E-state index contributed by atoms with van der Waals surface area (Å²) in [5.41, 5.74) is 17.3. The Kier molecular flexibility index (Phi) is 14.9. The second kappa shape index (κ2) is 21.9. The number of benzene rings is 4. The van der Waals surface area contributed by atoms with Gasteiger partial charge in [-0.3, -0.25) is 14.4 Å². The summed E-state index contributed by atoms with van der Waals surface area (Å²) in [4.78, 5) is 95.7. The third-order valence-electron chi connectivity index (χ3n) is 10.8. The predicted molar refractivity (Wildman–Crippen MR) is 267 cm³/mol. The third kappa shape index (κ3) is 11.2. The first-order valence-corrected chi connectivity index (χ1v) is 22.3. The smallest absolute Gasteiger partial charge is 0.354 e. The zero-order chi connectivity index (χ0) is 51.8. The van der Waals surface area contributed by atoms with Crippen LogP contribution in [0.1, 0.15) is 54.8 Å². The van der Waals surface area contributed by atoms with Gasteiger partial charge in [-0.1, -0.05) is 24.3 Å². The molecular formula is C50H44N10O13. The molecule has 0 bridgehead atoms. The Hall–Kier alpha value is -9.74. The van der Waals surface area contributed by atoms with Crippen molar-refractivity contribution >= 4 is 102 Å². The number of anilines is 4. The lowest BCUT2D eigenvalue weighted by atomic mass is 10.1. The molecule has 0 fully saturated rings. The van der Waals surface area contributed by atoms with Crippen LogP contribution in [0, 0.1) is 0 Å². The van der Waals surface area contributed by atoms with Gasteiger partial charge in [0.25, 0.3) is 17.7 Å². The van der Waals surface area contributed by atoms with E-state index < -0.39 is 48.8 Å². The molecule has 0 aliphatic carbocycles. The first kappa shape index (κ1) is 49.7. The van der Waals surface area contributed by atoms with Crippen molar-refractivity contribution in [2.24, 2.45) is 11.5 Å². The topological polar surface area (TPSA) is 366 Å². The van der Waals surface area contributed by atoms with Crippen LogP contribution in [0.4, 0.5) is 22.7 Å². The maximum atomic E-state index is 14.4. The summed E-state index contributed by atoms with van der Waals surface area (Å²) in [6.07, 6.45) is 0.926. The monoisotopic (exact) mass is 992 g/mol. The van der Waals surface area contributed by atoms with E-state index in [0.29, 0.717) is 42.1 Å². The minimum atomic E-state index is -1.35. The average molecular weight is 993 g/mol. The number of nitrogens with zero attached hydrogens (tertiary/aromatic N) is 4. The van der Waals surface area contributed by atoms with Gasteiger partial charge >= 0.3 is 17.9 Å². The van der Waals surface area contributed by atoms with Crippen LogP contribution >= 0.6 is 0 Å². The highest BCUT2D eigenvalue weighted by molar-refractivity contribution is 6.14. The molecular weight excluding hydrogens is 949 g/mol.